The monoisotopic (exact) mass is 233 g/mol. The molecule has 4 nitrogen and oxygen atoms in total. The molecule has 4 N–H and O–H groups in total. The molecule has 2 amide bonds. The number of benzene rings is 1. The van der Waals surface area contributed by atoms with Crippen molar-refractivity contribution in [3.8, 4) is 0 Å². The predicted octanol–water partition coefficient (Wildman–Crippen LogP) is 2.66. The highest BCUT2D eigenvalue weighted by Crippen LogP contribution is 2.17. The Balaban J connectivity index is 2.90. The Morgan fingerprint density at radius 2 is 2.12 bits per heavy atom. The molecule has 0 aliphatic carbocycles. The Bertz CT molecular complexity index is 425. The van der Waals surface area contributed by atoms with Crippen LogP contribution in [0.25, 0.3) is 6.08 Å². The van der Waals surface area contributed by atoms with E-state index >= 15 is 0 Å². The molecule has 0 heterocycles. The lowest BCUT2D eigenvalue weighted by molar-refractivity contribution is 0.252. The molecule has 17 heavy (non-hydrogen) atoms. The second-order valence-electron chi connectivity index (χ2n) is 4.27. The number of carbonyl (C=O) groups excluding carboxylic acids is 1. The van der Waals surface area contributed by atoms with Crippen LogP contribution >= 0.6 is 0 Å². The lowest BCUT2D eigenvalue weighted by Gasteiger charge is -2.07. The zero-order chi connectivity index (χ0) is 12.8. The summed E-state index contributed by atoms with van der Waals surface area (Å²) in [6, 6.07) is 5.31. The first-order chi connectivity index (χ1) is 8.02. The fourth-order valence-electron chi connectivity index (χ4n) is 1.36. The van der Waals surface area contributed by atoms with Crippen molar-refractivity contribution in [1.82, 2.24) is 5.43 Å². The lowest BCUT2D eigenvalue weighted by atomic mass is 10.1. The SMILES string of the molecule is Cc1ccc(NC(=O)NN)cc1/C=C\C(C)C. The number of carbonyl (C=O) groups is 1. The van der Waals surface area contributed by atoms with Gasteiger partial charge in [0.1, 0.15) is 0 Å². The second-order valence-corrected chi connectivity index (χ2v) is 4.27. The Hall–Kier alpha value is -1.81. The van der Waals surface area contributed by atoms with Gasteiger partial charge >= 0.3 is 6.03 Å². The number of urea groups is 1. The molecule has 0 saturated carbocycles. The predicted molar refractivity (Wildman–Crippen MR) is 71.4 cm³/mol. The van der Waals surface area contributed by atoms with Crippen molar-refractivity contribution in [2.75, 3.05) is 5.32 Å². The van der Waals surface area contributed by atoms with Crippen LogP contribution in [0, 0.1) is 12.8 Å². The molecular weight excluding hydrogens is 214 g/mol. The zero-order valence-electron chi connectivity index (χ0n) is 10.4. The number of rotatable bonds is 3. The van der Waals surface area contributed by atoms with E-state index in [4.69, 9.17) is 5.84 Å². The van der Waals surface area contributed by atoms with Crippen molar-refractivity contribution in [2.45, 2.75) is 20.8 Å². The van der Waals surface area contributed by atoms with Gasteiger partial charge < -0.3 is 5.32 Å². The Kier molecular flexibility index (Phi) is 4.72. The molecule has 1 aromatic carbocycles. The van der Waals surface area contributed by atoms with Crippen LogP contribution in [0.4, 0.5) is 10.5 Å². The van der Waals surface area contributed by atoms with Gasteiger partial charge in [0.05, 0.1) is 0 Å². The minimum absolute atomic E-state index is 0.423. The molecule has 92 valence electrons. The second kappa shape index (κ2) is 6.06. The van der Waals surface area contributed by atoms with E-state index in [0.717, 1.165) is 11.3 Å². The number of hydrazine groups is 1. The zero-order valence-corrected chi connectivity index (χ0v) is 10.4. The van der Waals surface area contributed by atoms with E-state index in [0.29, 0.717) is 5.92 Å². The molecule has 0 aliphatic heterocycles. The van der Waals surface area contributed by atoms with E-state index in [1.165, 1.54) is 5.56 Å². The molecule has 0 fully saturated rings. The molecule has 4 heteroatoms. The van der Waals surface area contributed by atoms with Gasteiger partial charge in [-0.25, -0.2) is 10.6 Å². The molecule has 1 aromatic rings. The molecule has 1 rings (SSSR count). The first-order valence-corrected chi connectivity index (χ1v) is 5.59. The van der Waals surface area contributed by atoms with Crippen molar-refractivity contribution in [3.05, 3.63) is 35.4 Å². The number of amides is 2. The average Bonchev–Trinajstić information content (AvgIpc) is 2.29. The fraction of sp³-hybridized carbons (Fsp3) is 0.308. The number of hydrogen-bond acceptors (Lipinski definition) is 2. The van der Waals surface area contributed by atoms with Gasteiger partial charge in [0.2, 0.25) is 0 Å². The highest BCUT2D eigenvalue weighted by atomic mass is 16.2. The maximum Gasteiger partial charge on any atom is 0.333 e. The summed E-state index contributed by atoms with van der Waals surface area (Å²) in [5.41, 5.74) is 5.01. The summed E-state index contributed by atoms with van der Waals surface area (Å²) in [6.07, 6.45) is 4.18. The van der Waals surface area contributed by atoms with E-state index in [-0.39, 0.29) is 0 Å². The summed E-state index contributed by atoms with van der Waals surface area (Å²) in [5.74, 6) is 5.51. The van der Waals surface area contributed by atoms with Crippen LogP contribution in [0.5, 0.6) is 0 Å². The molecule has 0 atom stereocenters. The van der Waals surface area contributed by atoms with Gasteiger partial charge in [0, 0.05) is 5.69 Å². The molecule has 0 aliphatic rings. The third-order valence-electron chi connectivity index (χ3n) is 2.33. The van der Waals surface area contributed by atoms with Gasteiger partial charge in [-0.3, -0.25) is 5.43 Å². The third-order valence-corrected chi connectivity index (χ3v) is 2.33. The van der Waals surface area contributed by atoms with Gasteiger partial charge in [0.15, 0.2) is 0 Å². The molecule has 0 aromatic heterocycles. The van der Waals surface area contributed by atoms with Crippen LogP contribution in [-0.2, 0) is 0 Å². The number of nitrogens with two attached hydrogens (primary N) is 1. The summed E-state index contributed by atoms with van der Waals surface area (Å²) >= 11 is 0. The normalized spacial score (nSPS) is 10.9. The van der Waals surface area contributed by atoms with Crippen LogP contribution < -0.4 is 16.6 Å². The number of hydrogen-bond donors (Lipinski definition) is 3. The number of anilines is 1. The Labute approximate surface area is 102 Å². The molecule has 0 unspecified atom stereocenters. The van der Waals surface area contributed by atoms with Gasteiger partial charge in [-0.2, -0.15) is 0 Å². The van der Waals surface area contributed by atoms with Crippen LogP contribution in [0.2, 0.25) is 0 Å². The van der Waals surface area contributed by atoms with E-state index < -0.39 is 6.03 Å². The lowest BCUT2D eigenvalue weighted by Crippen LogP contribution is -2.34. The van der Waals surface area contributed by atoms with E-state index in [9.17, 15) is 4.79 Å². The minimum Gasteiger partial charge on any atom is -0.307 e. The van der Waals surface area contributed by atoms with Gasteiger partial charge in [0.25, 0.3) is 0 Å². The Morgan fingerprint density at radius 1 is 1.41 bits per heavy atom. The standard InChI is InChI=1S/C13H19N3O/c1-9(2)4-6-11-8-12(7-5-10(11)3)15-13(17)16-14/h4-9H,14H2,1-3H3,(H2,15,16,17)/b6-4-. The molecule has 0 radical (unpaired) electrons. The van der Waals surface area contributed by atoms with Crippen LogP contribution in [0.3, 0.4) is 0 Å². The van der Waals surface area contributed by atoms with E-state index in [2.05, 4.69) is 31.3 Å². The summed E-state index contributed by atoms with van der Waals surface area (Å²) in [5, 5.41) is 2.64. The minimum atomic E-state index is -0.423. The van der Waals surface area contributed by atoms with Crippen molar-refractivity contribution < 1.29 is 4.79 Å². The molecule has 0 bridgehead atoms. The summed E-state index contributed by atoms with van der Waals surface area (Å²) in [6.45, 7) is 6.28. The molecule has 0 spiro atoms. The van der Waals surface area contributed by atoms with Crippen LogP contribution in [0.1, 0.15) is 25.0 Å². The fourth-order valence-corrected chi connectivity index (χ4v) is 1.36. The van der Waals surface area contributed by atoms with Crippen LogP contribution in [0.15, 0.2) is 24.3 Å². The maximum absolute atomic E-state index is 11.1. The number of aryl methyl sites for hydroxylation is 1. The van der Waals surface area contributed by atoms with Gasteiger partial charge in [-0.1, -0.05) is 32.1 Å². The largest absolute Gasteiger partial charge is 0.333 e. The average molecular weight is 233 g/mol. The summed E-state index contributed by atoms with van der Waals surface area (Å²) in [4.78, 5) is 11.1. The Morgan fingerprint density at radius 3 is 2.71 bits per heavy atom. The smallest absolute Gasteiger partial charge is 0.307 e. The number of nitrogens with one attached hydrogen (secondary N) is 2. The maximum atomic E-state index is 11.1. The van der Waals surface area contributed by atoms with Gasteiger partial charge in [-0.05, 0) is 36.1 Å². The van der Waals surface area contributed by atoms with Crippen molar-refractivity contribution in [2.24, 2.45) is 11.8 Å². The number of allylic oxidation sites excluding steroid dienone is 1. The van der Waals surface area contributed by atoms with Crippen molar-refractivity contribution >= 4 is 17.8 Å². The first kappa shape index (κ1) is 13.3. The van der Waals surface area contributed by atoms with Gasteiger partial charge in [-0.15, -0.1) is 0 Å². The first-order valence-electron chi connectivity index (χ1n) is 5.59. The molecular formula is C13H19N3O. The van der Waals surface area contributed by atoms with E-state index in [1.807, 2.05) is 30.5 Å². The van der Waals surface area contributed by atoms with Crippen molar-refractivity contribution in [1.29, 1.82) is 0 Å². The van der Waals surface area contributed by atoms with Crippen LogP contribution in [-0.4, -0.2) is 6.03 Å². The third kappa shape index (κ3) is 4.28. The quantitative estimate of drug-likeness (QED) is 0.427. The topological polar surface area (TPSA) is 67.2 Å². The summed E-state index contributed by atoms with van der Waals surface area (Å²) < 4.78 is 0. The highest BCUT2D eigenvalue weighted by Gasteiger charge is 2.01. The highest BCUT2D eigenvalue weighted by molar-refractivity contribution is 5.89. The van der Waals surface area contributed by atoms with Crippen molar-refractivity contribution in [3.63, 3.8) is 0 Å². The van der Waals surface area contributed by atoms with E-state index in [1.54, 1.807) is 0 Å². The molecule has 0 saturated heterocycles. The summed E-state index contributed by atoms with van der Waals surface area (Å²) in [7, 11) is 0.